The number of hydrogen-bond donors (Lipinski definition) is 1. The van der Waals surface area contributed by atoms with Gasteiger partial charge in [-0.2, -0.15) is 0 Å². The molecule has 1 atom stereocenters. The summed E-state index contributed by atoms with van der Waals surface area (Å²) >= 11 is 3.30. The van der Waals surface area contributed by atoms with Gasteiger partial charge in [0.1, 0.15) is 5.82 Å². The van der Waals surface area contributed by atoms with Crippen LogP contribution in [0, 0.1) is 0 Å². The molecule has 1 amide bonds. The minimum atomic E-state index is -0.0805. The zero-order chi connectivity index (χ0) is 13.1. The monoisotopic (exact) mass is 313 g/mol. The van der Waals surface area contributed by atoms with Gasteiger partial charge in [-0.25, -0.2) is 4.98 Å². The van der Waals surface area contributed by atoms with Gasteiger partial charge in [0.25, 0.3) is 5.91 Å². The molecular weight excluding hydrogens is 298 g/mol. The molecule has 2 rings (SSSR count). The third kappa shape index (κ3) is 2.81. The van der Waals surface area contributed by atoms with Crippen LogP contribution in [0.25, 0.3) is 0 Å². The predicted octanol–water partition coefficient (Wildman–Crippen LogP) is 1.68. The number of halogens is 1. The van der Waals surface area contributed by atoms with Crippen molar-refractivity contribution < 1.29 is 9.53 Å². The van der Waals surface area contributed by atoms with E-state index in [0.29, 0.717) is 12.1 Å². The summed E-state index contributed by atoms with van der Waals surface area (Å²) in [4.78, 5) is 18.1. The van der Waals surface area contributed by atoms with Crippen molar-refractivity contribution in [1.82, 2.24) is 9.88 Å². The zero-order valence-corrected chi connectivity index (χ0v) is 11.8. The lowest BCUT2D eigenvalue weighted by Gasteiger charge is -2.32. The Kier molecular flexibility index (Phi) is 4.19. The van der Waals surface area contributed by atoms with Crippen molar-refractivity contribution in [2.45, 2.75) is 18.9 Å². The number of amides is 1. The van der Waals surface area contributed by atoms with Gasteiger partial charge in [-0.05, 0) is 34.8 Å². The van der Waals surface area contributed by atoms with Crippen LogP contribution in [0.4, 0.5) is 5.82 Å². The maximum absolute atomic E-state index is 12.4. The van der Waals surface area contributed by atoms with Crippen molar-refractivity contribution in [3.8, 4) is 0 Å². The van der Waals surface area contributed by atoms with Crippen LogP contribution in [0.15, 0.2) is 16.7 Å². The standard InChI is InChI=1S/C12H16BrN3O2/c1-18-9-3-2-4-16(7-9)12(17)10-5-8(13)6-15-11(10)14/h5-6,9H,2-4,7H2,1H3,(H2,14,15). The van der Waals surface area contributed by atoms with Crippen molar-refractivity contribution in [2.24, 2.45) is 0 Å². The van der Waals surface area contributed by atoms with Crippen LogP contribution in [0.1, 0.15) is 23.2 Å². The lowest BCUT2D eigenvalue weighted by molar-refractivity contribution is 0.0269. The van der Waals surface area contributed by atoms with Crippen LogP contribution < -0.4 is 5.73 Å². The Morgan fingerprint density at radius 3 is 3.17 bits per heavy atom. The number of pyridine rings is 1. The van der Waals surface area contributed by atoms with Gasteiger partial charge in [0.05, 0.1) is 11.7 Å². The van der Waals surface area contributed by atoms with Crippen molar-refractivity contribution in [3.63, 3.8) is 0 Å². The molecule has 2 heterocycles. The van der Waals surface area contributed by atoms with E-state index in [1.807, 2.05) is 0 Å². The number of methoxy groups -OCH3 is 1. The molecule has 1 aliphatic heterocycles. The molecule has 18 heavy (non-hydrogen) atoms. The summed E-state index contributed by atoms with van der Waals surface area (Å²) in [7, 11) is 1.67. The highest BCUT2D eigenvalue weighted by molar-refractivity contribution is 9.10. The quantitative estimate of drug-likeness (QED) is 0.902. The van der Waals surface area contributed by atoms with Crippen LogP contribution in [0.3, 0.4) is 0 Å². The fraction of sp³-hybridized carbons (Fsp3) is 0.500. The first-order valence-corrected chi connectivity index (χ1v) is 6.64. The van der Waals surface area contributed by atoms with E-state index in [4.69, 9.17) is 10.5 Å². The number of carbonyl (C=O) groups is 1. The maximum Gasteiger partial charge on any atom is 0.257 e. The highest BCUT2D eigenvalue weighted by Gasteiger charge is 2.25. The maximum atomic E-state index is 12.4. The molecule has 0 saturated carbocycles. The van der Waals surface area contributed by atoms with Gasteiger partial charge in [-0.15, -0.1) is 0 Å². The molecule has 2 N–H and O–H groups in total. The second-order valence-corrected chi connectivity index (χ2v) is 5.25. The van der Waals surface area contributed by atoms with E-state index in [0.717, 1.165) is 23.9 Å². The Morgan fingerprint density at radius 2 is 2.44 bits per heavy atom. The topological polar surface area (TPSA) is 68.5 Å². The van der Waals surface area contributed by atoms with E-state index in [2.05, 4.69) is 20.9 Å². The molecule has 0 bridgehead atoms. The Bertz CT molecular complexity index is 453. The molecule has 1 aliphatic rings. The van der Waals surface area contributed by atoms with E-state index in [-0.39, 0.29) is 17.8 Å². The third-order valence-corrected chi connectivity index (χ3v) is 3.55. The largest absolute Gasteiger partial charge is 0.383 e. The first-order valence-electron chi connectivity index (χ1n) is 5.85. The van der Waals surface area contributed by atoms with E-state index < -0.39 is 0 Å². The van der Waals surface area contributed by atoms with Crippen molar-refractivity contribution in [1.29, 1.82) is 0 Å². The molecule has 5 nitrogen and oxygen atoms in total. The van der Waals surface area contributed by atoms with Gasteiger partial charge >= 0.3 is 0 Å². The number of hydrogen-bond acceptors (Lipinski definition) is 4. The number of nitrogens with two attached hydrogens (primary N) is 1. The average molecular weight is 314 g/mol. The van der Waals surface area contributed by atoms with Gasteiger partial charge in [0.2, 0.25) is 0 Å². The van der Waals surface area contributed by atoms with Gasteiger partial charge in [-0.1, -0.05) is 0 Å². The molecule has 1 aromatic rings. The van der Waals surface area contributed by atoms with Crippen molar-refractivity contribution in [3.05, 3.63) is 22.3 Å². The molecule has 0 aromatic carbocycles. The molecule has 1 saturated heterocycles. The first-order chi connectivity index (χ1) is 8.61. The molecule has 1 fully saturated rings. The molecule has 0 aliphatic carbocycles. The smallest absolute Gasteiger partial charge is 0.257 e. The number of anilines is 1. The number of ether oxygens (including phenoxy) is 1. The van der Waals surface area contributed by atoms with E-state index in [1.165, 1.54) is 0 Å². The molecule has 1 aromatic heterocycles. The van der Waals surface area contributed by atoms with Gasteiger partial charge < -0.3 is 15.4 Å². The van der Waals surface area contributed by atoms with Gasteiger partial charge in [-0.3, -0.25) is 4.79 Å². The second-order valence-electron chi connectivity index (χ2n) is 4.34. The lowest BCUT2D eigenvalue weighted by Crippen LogP contribution is -2.43. The van der Waals surface area contributed by atoms with Gasteiger partial charge in [0, 0.05) is 30.9 Å². The summed E-state index contributed by atoms with van der Waals surface area (Å²) in [5.74, 6) is 0.186. The van der Waals surface area contributed by atoms with Crippen LogP contribution in [-0.4, -0.2) is 42.1 Å². The predicted molar refractivity (Wildman–Crippen MR) is 72.3 cm³/mol. The Labute approximate surface area is 114 Å². The molecule has 6 heteroatoms. The van der Waals surface area contributed by atoms with Crippen LogP contribution >= 0.6 is 15.9 Å². The number of nitrogen functional groups attached to an aromatic ring is 1. The molecule has 0 spiro atoms. The SMILES string of the molecule is COC1CCCN(C(=O)c2cc(Br)cnc2N)C1. The van der Waals surface area contributed by atoms with Crippen LogP contribution in [0.2, 0.25) is 0 Å². The number of likely N-dealkylation sites (tertiary alicyclic amines) is 1. The molecule has 0 radical (unpaired) electrons. The fourth-order valence-electron chi connectivity index (χ4n) is 2.11. The summed E-state index contributed by atoms with van der Waals surface area (Å²) in [5.41, 5.74) is 6.20. The molecule has 98 valence electrons. The first kappa shape index (κ1) is 13.3. The van der Waals surface area contributed by atoms with E-state index in [9.17, 15) is 4.79 Å². The van der Waals surface area contributed by atoms with Gasteiger partial charge in [0.15, 0.2) is 0 Å². The Hall–Kier alpha value is -1.14. The highest BCUT2D eigenvalue weighted by atomic mass is 79.9. The van der Waals surface area contributed by atoms with Crippen molar-refractivity contribution in [2.75, 3.05) is 25.9 Å². The van der Waals surface area contributed by atoms with E-state index in [1.54, 1.807) is 24.3 Å². The summed E-state index contributed by atoms with van der Waals surface area (Å²) in [5, 5.41) is 0. The number of piperidine rings is 1. The molecular formula is C12H16BrN3O2. The fourth-order valence-corrected chi connectivity index (χ4v) is 2.44. The van der Waals surface area contributed by atoms with E-state index >= 15 is 0 Å². The lowest BCUT2D eigenvalue weighted by atomic mass is 10.1. The minimum absolute atomic E-state index is 0.0805. The Morgan fingerprint density at radius 1 is 1.67 bits per heavy atom. The zero-order valence-electron chi connectivity index (χ0n) is 10.2. The number of aromatic nitrogens is 1. The number of nitrogens with zero attached hydrogens (tertiary/aromatic N) is 2. The third-order valence-electron chi connectivity index (χ3n) is 3.11. The van der Waals surface area contributed by atoms with Crippen LogP contribution in [0.5, 0.6) is 0 Å². The second kappa shape index (κ2) is 5.67. The summed E-state index contributed by atoms with van der Waals surface area (Å²) in [6, 6.07) is 1.71. The summed E-state index contributed by atoms with van der Waals surface area (Å²) in [6.45, 7) is 1.35. The minimum Gasteiger partial charge on any atom is -0.383 e. The summed E-state index contributed by atoms with van der Waals surface area (Å²) < 4.78 is 6.06. The summed E-state index contributed by atoms with van der Waals surface area (Å²) in [6.07, 6.45) is 3.64. The average Bonchev–Trinajstić information content (AvgIpc) is 2.41. The Balaban J connectivity index is 2.17. The molecule has 1 unspecified atom stereocenters. The highest BCUT2D eigenvalue weighted by Crippen LogP contribution is 2.20. The van der Waals surface area contributed by atoms with Crippen molar-refractivity contribution >= 4 is 27.7 Å². The normalized spacial score (nSPS) is 19.9. The number of rotatable bonds is 2. The number of carbonyl (C=O) groups excluding carboxylic acids is 1. The van der Waals surface area contributed by atoms with Crippen LogP contribution in [-0.2, 0) is 4.74 Å².